The molecule has 4 rings (SSSR count). The number of Topliss-reactive ketones (excluding diaryl/α,β-unsaturated/α-hetero) is 1. The maximum absolute atomic E-state index is 13.4. The van der Waals surface area contributed by atoms with E-state index < -0.39 is 29.2 Å². The van der Waals surface area contributed by atoms with E-state index in [1.165, 1.54) is 19.2 Å². The van der Waals surface area contributed by atoms with Gasteiger partial charge in [-0.25, -0.2) is 5.01 Å². The molecule has 1 fully saturated rings. The highest BCUT2D eigenvalue weighted by Crippen LogP contribution is 2.42. The third-order valence-corrected chi connectivity index (χ3v) is 5.31. The van der Waals surface area contributed by atoms with Gasteiger partial charge in [-0.3, -0.25) is 19.8 Å². The van der Waals surface area contributed by atoms with Gasteiger partial charge in [0.15, 0.2) is 0 Å². The van der Waals surface area contributed by atoms with Crippen molar-refractivity contribution in [2.75, 3.05) is 7.11 Å². The number of hydrogen-bond donors (Lipinski definition) is 2. The van der Waals surface area contributed by atoms with Crippen LogP contribution in [0.15, 0.2) is 84.9 Å². The Hall–Kier alpha value is -3.97. The molecule has 3 aromatic carbocycles. The van der Waals surface area contributed by atoms with Crippen molar-refractivity contribution in [2.24, 2.45) is 0 Å². The van der Waals surface area contributed by atoms with Crippen LogP contribution in [0, 0.1) is 0 Å². The van der Waals surface area contributed by atoms with Crippen LogP contribution in [0.3, 0.4) is 0 Å². The van der Waals surface area contributed by atoms with Crippen LogP contribution >= 0.6 is 0 Å². The highest BCUT2D eigenvalue weighted by Gasteiger charge is 2.56. The zero-order valence-electron chi connectivity index (χ0n) is 16.7. The van der Waals surface area contributed by atoms with Crippen molar-refractivity contribution >= 4 is 17.6 Å². The molecule has 156 valence electrons. The lowest BCUT2D eigenvalue weighted by atomic mass is 9.78. The molecule has 0 bridgehead atoms. The van der Waals surface area contributed by atoms with E-state index in [-0.39, 0.29) is 5.56 Å². The molecule has 1 heterocycles. The van der Waals surface area contributed by atoms with Crippen LogP contribution < -0.4 is 10.2 Å². The summed E-state index contributed by atoms with van der Waals surface area (Å²) in [5.74, 6) is -3.25. The first-order chi connectivity index (χ1) is 15.0. The number of amides is 2. The fourth-order valence-electron chi connectivity index (χ4n) is 3.76. The maximum Gasteiger partial charge on any atom is 0.306 e. The molecule has 1 aliphatic rings. The average Bonchev–Trinajstić information content (AvgIpc) is 2.82. The Kier molecular flexibility index (Phi) is 5.27. The number of carbonyl (C=O) groups excluding carboxylic acids is 3. The third kappa shape index (κ3) is 3.45. The largest absolute Gasteiger partial charge is 0.497 e. The summed E-state index contributed by atoms with van der Waals surface area (Å²) in [7, 11) is 1.51. The minimum atomic E-state index is -2.15. The Morgan fingerprint density at radius 1 is 0.935 bits per heavy atom. The van der Waals surface area contributed by atoms with Gasteiger partial charge in [0.1, 0.15) is 11.7 Å². The first kappa shape index (κ1) is 20.3. The van der Waals surface area contributed by atoms with E-state index in [9.17, 15) is 19.5 Å². The zero-order valence-corrected chi connectivity index (χ0v) is 16.7. The van der Waals surface area contributed by atoms with Gasteiger partial charge < -0.3 is 9.84 Å². The third-order valence-electron chi connectivity index (χ3n) is 5.31. The van der Waals surface area contributed by atoms with E-state index in [2.05, 4.69) is 5.43 Å². The number of hydrazine groups is 1. The van der Waals surface area contributed by atoms with Gasteiger partial charge in [0.2, 0.25) is 11.5 Å². The normalized spacial score (nSPS) is 20.8. The van der Waals surface area contributed by atoms with Gasteiger partial charge in [0.25, 0.3) is 5.91 Å². The first-order valence-corrected chi connectivity index (χ1v) is 9.63. The second kappa shape index (κ2) is 8.04. The van der Waals surface area contributed by atoms with Crippen molar-refractivity contribution in [1.82, 2.24) is 10.4 Å². The van der Waals surface area contributed by atoms with Crippen LogP contribution in [0.4, 0.5) is 0 Å². The lowest BCUT2D eigenvalue weighted by Crippen LogP contribution is -2.68. The monoisotopic (exact) mass is 416 g/mol. The number of benzene rings is 3. The van der Waals surface area contributed by atoms with Gasteiger partial charge >= 0.3 is 5.91 Å². The Bertz CT molecular complexity index is 1120. The lowest BCUT2D eigenvalue weighted by Gasteiger charge is -2.47. The number of nitrogens with one attached hydrogen (secondary N) is 1. The molecule has 1 saturated heterocycles. The molecule has 31 heavy (non-hydrogen) atoms. The fourth-order valence-corrected chi connectivity index (χ4v) is 3.76. The van der Waals surface area contributed by atoms with Crippen LogP contribution in [0.1, 0.15) is 27.4 Å². The van der Waals surface area contributed by atoms with Gasteiger partial charge in [0, 0.05) is 11.1 Å². The van der Waals surface area contributed by atoms with Crippen LogP contribution in [0.2, 0.25) is 0 Å². The van der Waals surface area contributed by atoms with E-state index in [4.69, 9.17) is 4.74 Å². The number of ketones is 1. The molecule has 0 saturated carbocycles. The smallest absolute Gasteiger partial charge is 0.306 e. The van der Waals surface area contributed by atoms with E-state index in [1.54, 1.807) is 72.8 Å². The van der Waals surface area contributed by atoms with Crippen molar-refractivity contribution in [3.05, 3.63) is 102 Å². The van der Waals surface area contributed by atoms with Crippen molar-refractivity contribution in [2.45, 2.75) is 11.6 Å². The number of ether oxygens (including phenoxy) is 1. The highest BCUT2D eigenvalue weighted by molar-refractivity contribution is 6.39. The summed E-state index contributed by atoms with van der Waals surface area (Å²) in [4.78, 5) is 39.0. The predicted molar refractivity (Wildman–Crippen MR) is 112 cm³/mol. The van der Waals surface area contributed by atoms with Crippen molar-refractivity contribution in [3.8, 4) is 5.75 Å². The number of rotatable bonds is 4. The van der Waals surface area contributed by atoms with Crippen molar-refractivity contribution < 1.29 is 24.2 Å². The SMILES string of the molecule is COc1ccc(C(=O)N2NC(=O)C(=O)[C@@H](c3ccccc3)[C@]2(O)c2ccccc2)cc1. The van der Waals surface area contributed by atoms with E-state index in [0.717, 1.165) is 5.01 Å². The quantitative estimate of drug-likeness (QED) is 0.637. The summed E-state index contributed by atoms with van der Waals surface area (Å²) in [6.45, 7) is 0. The minimum Gasteiger partial charge on any atom is -0.497 e. The first-order valence-electron chi connectivity index (χ1n) is 9.63. The van der Waals surface area contributed by atoms with Crippen LogP contribution in [0.25, 0.3) is 0 Å². The Morgan fingerprint density at radius 2 is 1.52 bits per heavy atom. The minimum absolute atomic E-state index is 0.205. The molecule has 0 aliphatic carbocycles. The topological polar surface area (TPSA) is 95.9 Å². The molecule has 0 unspecified atom stereocenters. The van der Waals surface area contributed by atoms with Crippen LogP contribution in [-0.4, -0.2) is 34.8 Å². The van der Waals surface area contributed by atoms with Gasteiger partial charge in [-0.15, -0.1) is 0 Å². The van der Waals surface area contributed by atoms with Gasteiger partial charge in [-0.1, -0.05) is 60.7 Å². The zero-order chi connectivity index (χ0) is 22.0. The molecule has 7 nitrogen and oxygen atoms in total. The average molecular weight is 416 g/mol. The van der Waals surface area contributed by atoms with Gasteiger partial charge in [-0.2, -0.15) is 0 Å². The number of nitrogens with zero attached hydrogens (tertiary/aromatic N) is 1. The van der Waals surface area contributed by atoms with E-state index in [1.807, 2.05) is 0 Å². The molecule has 2 N–H and O–H groups in total. The molecule has 0 radical (unpaired) electrons. The summed E-state index contributed by atoms with van der Waals surface area (Å²) in [6, 6.07) is 23.0. The molecule has 7 heteroatoms. The van der Waals surface area contributed by atoms with Crippen molar-refractivity contribution in [1.29, 1.82) is 0 Å². The summed E-state index contributed by atoms with van der Waals surface area (Å²) in [5, 5.41) is 12.8. The molecule has 0 spiro atoms. The molecular weight excluding hydrogens is 396 g/mol. The molecule has 1 aliphatic heterocycles. The number of carbonyl (C=O) groups is 3. The van der Waals surface area contributed by atoms with Gasteiger partial charge in [-0.05, 0) is 29.8 Å². The molecule has 3 aromatic rings. The summed E-state index contributed by atoms with van der Waals surface area (Å²) < 4.78 is 5.12. The maximum atomic E-state index is 13.4. The summed E-state index contributed by atoms with van der Waals surface area (Å²) >= 11 is 0. The fraction of sp³-hybridized carbons (Fsp3) is 0.125. The van der Waals surface area contributed by atoms with Gasteiger partial charge in [0.05, 0.1) is 7.11 Å². The highest BCUT2D eigenvalue weighted by atomic mass is 16.5. The van der Waals surface area contributed by atoms with E-state index in [0.29, 0.717) is 16.9 Å². The predicted octanol–water partition coefficient (Wildman–Crippen LogP) is 2.38. The summed E-state index contributed by atoms with van der Waals surface area (Å²) in [6.07, 6.45) is 0. The Labute approximate surface area is 178 Å². The Morgan fingerprint density at radius 3 is 2.10 bits per heavy atom. The summed E-state index contributed by atoms with van der Waals surface area (Å²) in [5.41, 5.74) is 1.06. The van der Waals surface area contributed by atoms with Crippen molar-refractivity contribution in [3.63, 3.8) is 0 Å². The lowest BCUT2D eigenvalue weighted by molar-refractivity contribution is -0.179. The second-order valence-electron chi connectivity index (χ2n) is 7.11. The van der Waals surface area contributed by atoms with E-state index >= 15 is 0 Å². The second-order valence-corrected chi connectivity index (χ2v) is 7.11. The number of methoxy groups -OCH3 is 1. The van der Waals surface area contributed by atoms with Crippen LogP contribution in [0.5, 0.6) is 5.75 Å². The molecule has 2 amide bonds. The molecular formula is C24H20N2O5. The van der Waals surface area contributed by atoms with Crippen LogP contribution in [-0.2, 0) is 15.3 Å². The molecule has 2 atom stereocenters. The number of hydrogen-bond acceptors (Lipinski definition) is 5. The standard InChI is InChI=1S/C24H20N2O5/c1-31-19-14-12-17(13-15-19)23(29)26-24(30,18-10-6-3-7-11-18)20(21(27)22(28)25-26)16-8-4-2-5-9-16/h2-15,20,30H,1H3,(H,25,28)/t20-,24-/m1/s1. The molecule has 0 aromatic heterocycles. The number of aliphatic hydroxyl groups is 1. The Balaban J connectivity index is 1.89.